The molecule has 2 aromatic heterocycles. The topological polar surface area (TPSA) is 81.4 Å². The molecule has 0 aliphatic rings. The summed E-state index contributed by atoms with van der Waals surface area (Å²) in [5.74, 6) is -0.296. The first-order valence-electron chi connectivity index (χ1n) is 7.11. The molecule has 3 aromatic rings. The predicted octanol–water partition coefficient (Wildman–Crippen LogP) is 2.63. The van der Waals surface area contributed by atoms with E-state index in [0.29, 0.717) is 11.5 Å². The standard InChI is InChI=1S/C15H12F3N5O2/c1-9-6-7-19-14-21-12(22-23(9)14)13(24)20-10-2-4-11(5-3-10)25-8-15(16,17)18/h2-7H,8H2,1H3,(H,20,24). The minimum atomic E-state index is -4.41. The van der Waals surface area contributed by atoms with E-state index in [2.05, 4.69) is 25.1 Å². The lowest BCUT2D eigenvalue weighted by atomic mass is 10.3. The second-order valence-corrected chi connectivity index (χ2v) is 5.12. The number of nitrogens with zero attached hydrogens (tertiary/aromatic N) is 4. The van der Waals surface area contributed by atoms with E-state index in [1.165, 1.54) is 28.8 Å². The van der Waals surface area contributed by atoms with E-state index in [-0.39, 0.29) is 11.6 Å². The van der Waals surface area contributed by atoms with Crippen LogP contribution in [0.15, 0.2) is 36.5 Å². The lowest BCUT2D eigenvalue weighted by Gasteiger charge is -2.09. The monoisotopic (exact) mass is 351 g/mol. The Labute approximate surface area is 139 Å². The van der Waals surface area contributed by atoms with Gasteiger partial charge in [-0.2, -0.15) is 18.2 Å². The summed E-state index contributed by atoms with van der Waals surface area (Å²) in [7, 11) is 0. The number of halogens is 3. The van der Waals surface area contributed by atoms with E-state index in [9.17, 15) is 18.0 Å². The Hall–Kier alpha value is -3.17. The van der Waals surface area contributed by atoms with Crippen LogP contribution < -0.4 is 10.1 Å². The first kappa shape index (κ1) is 16.7. The summed E-state index contributed by atoms with van der Waals surface area (Å²) in [6.07, 6.45) is -2.85. The van der Waals surface area contributed by atoms with Gasteiger partial charge in [-0.3, -0.25) is 4.79 Å². The summed E-state index contributed by atoms with van der Waals surface area (Å²) in [6, 6.07) is 7.21. The van der Waals surface area contributed by atoms with Crippen LogP contribution in [0.2, 0.25) is 0 Å². The highest BCUT2D eigenvalue weighted by Crippen LogP contribution is 2.20. The summed E-state index contributed by atoms with van der Waals surface area (Å²) in [5, 5.41) is 6.62. The van der Waals surface area contributed by atoms with Crippen molar-refractivity contribution in [1.82, 2.24) is 19.6 Å². The largest absolute Gasteiger partial charge is 0.484 e. The molecule has 10 heteroatoms. The number of rotatable bonds is 4. The molecule has 0 atom stereocenters. The molecule has 0 saturated heterocycles. The van der Waals surface area contributed by atoms with Crippen molar-refractivity contribution < 1.29 is 22.7 Å². The van der Waals surface area contributed by atoms with Crippen LogP contribution in [0.1, 0.15) is 16.3 Å². The van der Waals surface area contributed by atoms with Crippen molar-refractivity contribution in [3.05, 3.63) is 48.0 Å². The third kappa shape index (κ3) is 4.03. The molecule has 0 spiro atoms. The Morgan fingerprint density at radius 1 is 1.24 bits per heavy atom. The molecule has 1 amide bonds. The van der Waals surface area contributed by atoms with Crippen molar-refractivity contribution in [3.8, 4) is 5.75 Å². The fraction of sp³-hybridized carbons (Fsp3) is 0.200. The van der Waals surface area contributed by atoms with Gasteiger partial charge in [-0.25, -0.2) is 9.50 Å². The van der Waals surface area contributed by atoms with E-state index in [0.717, 1.165) is 5.69 Å². The lowest BCUT2D eigenvalue weighted by Crippen LogP contribution is -2.19. The summed E-state index contributed by atoms with van der Waals surface area (Å²) in [4.78, 5) is 20.2. The predicted molar refractivity (Wildman–Crippen MR) is 81.5 cm³/mol. The number of carbonyl (C=O) groups excluding carboxylic acids is 1. The maximum Gasteiger partial charge on any atom is 0.422 e. The zero-order valence-electron chi connectivity index (χ0n) is 12.9. The minimum absolute atomic E-state index is 0.0426. The second kappa shape index (κ2) is 6.38. The van der Waals surface area contributed by atoms with Crippen molar-refractivity contribution in [1.29, 1.82) is 0 Å². The molecular weight excluding hydrogens is 339 g/mol. The van der Waals surface area contributed by atoms with Crippen LogP contribution in [-0.2, 0) is 0 Å². The number of anilines is 1. The van der Waals surface area contributed by atoms with Crippen molar-refractivity contribution in [2.24, 2.45) is 0 Å². The number of carbonyl (C=O) groups is 1. The van der Waals surface area contributed by atoms with Crippen LogP contribution in [-0.4, -0.2) is 38.3 Å². The molecule has 0 radical (unpaired) electrons. The Balaban J connectivity index is 1.68. The fourth-order valence-electron chi connectivity index (χ4n) is 1.99. The lowest BCUT2D eigenvalue weighted by molar-refractivity contribution is -0.153. The maximum atomic E-state index is 12.2. The number of amides is 1. The highest BCUT2D eigenvalue weighted by atomic mass is 19.4. The molecule has 130 valence electrons. The molecule has 0 unspecified atom stereocenters. The van der Waals surface area contributed by atoms with Gasteiger partial charge >= 0.3 is 6.18 Å². The van der Waals surface area contributed by atoms with Gasteiger partial charge in [0.2, 0.25) is 5.82 Å². The van der Waals surface area contributed by atoms with Crippen molar-refractivity contribution in [2.75, 3.05) is 11.9 Å². The molecule has 0 saturated carbocycles. The highest BCUT2D eigenvalue weighted by molar-refractivity contribution is 6.01. The van der Waals surface area contributed by atoms with Crippen LogP contribution in [0.4, 0.5) is 18.9 Å². The number of nitrogens with one attached hydrogen (secondary N) is 1. The summed E-state index contributed by atoms with van der Waals surface area (Å²) >= 11 is 0. The number of ether oxygens (including phenoxy) is 1. The van der Waals surface area contributed by atoms with Gasteiger partial charge in [0.25, 0.3) is 11.7 Å². The number of alkyl halides is 3. The van der Waals surface area contributed by atoms with Crippen molar-refractivity contribution in [2.45, 2.75) is 13.1 Å². The normalized spacial score (nSPS) is 11.5. The molecule has 0 aliphatic carbocycles. The van der Waals surface area contributed by atoms with E-state index < -0.39 is 18.7 Å². The average Bonchev–Trinajstić information content (AvgIpc) is 2.99. The molecule has 0 fully saturated rings. The van der Waals surface area contributed by atoms with E-state index in [4.69, 9.17) is 0 Å². The van der Waals surface area contributed by atoms with Gasteiger partial charge in [-0.15, -0.1) is 5.10 Å². The number of hydrogen-bond donors (Lipinski definition) is 1. The molecule has 7 nitrogen and oxygen atoms in total. The number of aryl methyl sites for hydroxylation is 1. The Bertz CT molecular complexity index is 906. The molecule has 1 N–H and O–H groups in total. The SMILES string of the molecule is Cc1ccnc2nc(C(=O)Nc3ccc(OCC(F)(F)F)cc3)nn12. The summed E-state index contributed by atoms with van der Waals surface area (Å²) in [5.41, 5.74) is 1.13. The van der Waals surface area contributed by atoms with Gasteiger partial charge in [-0.1, -0.05) is 0 Å². The zero-order chi connectivity index (χ0) is 18.0. The van der Waals surface area contributed by atoms with Crippen LogP contribution >= 0.6 is 0 Å². The van der Waals surface area contributed by atoms with Gasteiger partial charge in [0.05, 0.1) is 0 Å². The first-order chi connectivity index (χ1) is 11.8. The average molecular weight is 351 g/mol. The van der Waals surface area contributed by atoms with Crippen LogP contribution in [0, 0.1) is 6.92 Å². The number of aromatic nitrogens is 4. The van der Waals surface area contributed by atoms with Gasteiger partial charge in [0.1, 0.15) is 5.75 Å². The summed E-state index contributed by atoms with van der Waals surface area (Å²) < 4.78 is 42.3. The van der Waals surface area contributed by atoms with Crippen LogP contribution in [0.25, 0.3) is 5.78 Å². The van der Waals surface area contributed by atoms with Crippen LogP contribution in [0.3, 0.4) is 0 Å². The van der Waals surface area contributed by atoms with Gasteiger partial charge in [-0.05, 0) is 37.3 Å². The Morgan fingerprint density at radius 3 is 2.60 bits per heavy atom. The third-order valence-electron chi connectivity index (χ3n) is 3.15. The van der Waals surface area contributed by atoms with Crippen molar-refractivity contribution in [3.63, 3.8) is 0 Å². The van der Waals surface area contributed by atoms with E-state index in [1.54, 1.807) is 19.2 Å². The smallest absolute Gasteiger partial charge is 0.422 e. The van der Waals surface area contributed by atoms with Crippen molar-refractivity contribution >= 4 is 17.4 Å². The van der Waals surface area contributed by atoms with E-state index >= 15 is 0 Å². The Kier molecular flexibility index (Phi) is 4.26. The highest BCUT2D eigenvalue weighted by Gasteiger charge is 2.28. The van der Waals surface area contributed by atoms with Gasteiger partial charge in [0.15, 0.2) is 6.61 Å². The second-order valence-electron chi connectivity index (χ2n) is 5.12. The zero-order valence-corrected chi connectivity index (χ0v) is 12.9. The molecule has 2 heterocycles. The molecular formula is C15H12F3N5O2. The van der Waals surface area contributed by atoms with Gasteiger partial charge in [0, 0.05) is 17.6 Å². The molecule has 0 bridgehead atoms. The minimum Gasteiger partial charge on any atom is -0.484 e. The van der Waals surface area contributed by atoms with Gasteiger partial charge < -0.3 is 10.1 Å². The van der Waals surface area contributed by atoms with E-state index in [1.807, 2.05) is 0 Å². The summed E-state index contributed by atoms with van der Waals surface area (Å²) in [6.45, 7) is 0.418. The first-order valence-corrected chi connectivity index (χ1v) is 7.11. The number of hydrogen-bond acceptors (Lipinski definition) is 5. The molecule has 25 heavy (non-hydrogen) atoms. The molecule has 3 rings (SSSR count). The third-order valence-corrected chi connectivity index (χ3v) is 3.15. The van der Waals surface area contributed by atoms with Crippen LogP contribution in [0.5, 0.6) is 5.75 Å². The fourth-order valence-corrected chi connectivity index (χ4v) is 1.99. The number of benzene rings is 1. The Morgan fingerprint density at radius 2 is 1.96 bits per heavy atom. The maximum absolute atomic E-state index is 12.2. The number of fused-ring (bicyclic) bond motifs is 1. The molecule has 0 aliphatic heterocycles. The molecule has 1 aromatic carbocycles. The quantitative estimate of drug-likeness (QED) is 0.781.